The number of carbonyl (C=O) groups excluding carboxylic acids is 1. The zero-order valence-corrected chi connectivity index (χ0v) is 10.7. The van der Waals surface area contributed by atoms with Crippen LogP contribution in [-0.4, -0.2) is 33.7 Å². The van der Waals surface area contributed by atoms with E-state index in [1.807, 2.05) is 6.07 Å². The Hall–Kier alpha value is -1.73. The van der Waals surface area contributed by atoms with Gasteiger partial charge in [0.15, 0.2) is 0 Å². The SMILES string of the molecule is O=C([O-])[C@H](CO)Nc1ncnc2ccc(Br)cc12. The minimum atomic E-state index is -1.39. The minimum absolute atomic E-state index is 0.338. The molecule has 0 bridgehead atoms. The van der Waals surface area contributed by atoms with Crippen LogP contribution in [-0.2, 0) is 4.79 Å². The fourth-order valence-electron chi connectivity index (χ4n) is 1.49. The summed E-state index contributed by atoms with van der Waals surface area (Å²) < 4.78 is 0.821. The molecule has 0 aliphatic rings. The molecule has 1 heterocycles. The molecule has 2 N–H and O–H groups in total. The number of aromatic nitrogens is 2. The third-order valence-electron chi connectivity index (χ3n) is 2.38. The number of carboxylic acid groups (broad SMARTS) is 1. The molecular weight excluding hydrogens is 302 g/mol. The number of hydrogen-bond donors (Lipinski definition) is 2. The van der Waals surface area contributed by atoms with Crippen LogP contribution in [0.25, 0.3) is 10.9 Å². The van der Waals surface area contributed by atoms with Gasteiger partial charge in [0, 0.05) is 9.86 Å². The molecule has 2 rings (SSSR count). The highest BCUT2D eigenvalue weighted by Crippen LogP contribution is 2.23. The normalized spacial score (nSPS) is 12.3. The van der Waals surface area contributed by atoms with Crippen molar-refractivity contribution in [2.75, 3.05) is 11.9 Å². The quantitative estimate of drug-likeness (QED) is 0.819. The third-order valence-corrected chi connectivity index (χ3v) is 2.87. The lowest BCUT2D eigenvalue weighted by Crippen LogP contribution is -2.43. The van der Waals surface area contributed by atoms with Crippen molar-refractivity contribution in [3.05, 3.63) is 29.0 Å². The lowest BCUT2D eigenvalue weighted by atomic mass is 10.2. The molecule has 6 nitrogen and oxygen atoms in total. The summed E-state index contributed by atoms with van der Waals surface area (Å²) >= 11 is 3.32. The Morgan fingerprint density at radius 3 is 2.94 bits per heavy atom. The number of carboxylic acids is 1. The first-order valence-electron chi connectivity index (χ1n) is 5.10. The predicted molar refractivity (Wildman–Crippen MR) is 66.7 cm³/mol. The Morgan fingerprint density at radius 2 is 2.28 bits per heavy atom. The topological polar surface area (TPSA) is 98.2 Å². The Morgan fingerprint density at radius 1 is 1.50 bits per heavy atom. The molecule has 0 fully saturated rings. The standard InChI is InChI=1S/C11H10BrN3O3/c12-6-1-2-8-7(3-6)10(14-5-13-8)15-9(4-16)11(17)18/h1-3,5,9,16H,4H2,(H,17,18)(H,13,14,15)/p-1/t9-/m0/s1. The summed E-state index contributed by atoms with van der Waals surface area (Å²) in [5.41, 5.74) is 0.672. The monoisotopic (exact) mass is 310 g/mol. The largest absolute Gasteiger partial charge is 0.548 e. The number of nitrogens with zero attached hydrogens (tertiary/aromatic N) is 2. The van der Waals surface area contributed by atoms with Crippen molar-refractivity contribution in [2.45, 2.75) is 6.04 Å². The number of fused-ring (bicyclic) bond motifs is 1. The van der Waals surface area contributed by atoms with Crippen LogP contribution >= 0.6 is 15.9 Å². The zero-order chi connectivity index (χ0) is 13.1. The number of anilines is 1. The van der Waals surface area contributed by atoms with E-state index < -0.39 is 18.6 Å². The number of rotatable bonds is 4. The molecule has 7 heteroatoms. The zero-order valence-electron chi connectivity index (χ0n) is 9.13. The van der Waals surface area contributed by atoms with Crippen molar-refractivity contribution < 1.29 is 15.0 Å². The van der Waals surface area contributed by atoms with E-state index in [1.165, 1.54) is 6.33 Å². The van der Waals surface area contributed by atoms with Gasteiger partial charge in [0.05, 0.1) is 24.1 Å². The van der Waals surface area contributed by atoms with Gasteiger partial charge < -0.3 is 20.3 Å². The van der Waals surface area contributed by atoms with Gasteiger partial charge in [-0.2, -0.15) is 0 Å². The number of aliphatic carboxylic acids is 1. The van der Waals surface area contributed by atoms with Crippen molar-refractivity contribution in [1.29, 1.82) is 0 Å². The lowest BCUT2D eigenvalue weighted by Gasteiger charge is -2.18. The van der Waals surface area contributed by atoms with E-state index >= 15 is 0 Å². The van der Waals surface area contributed by atoms with Crippen LogP contribution in [0.15, 0.2) is 29.0 Å². The molecule has 18 heavy (non-hydrogen) atoms. The number of nitrogens with one attached hydrogen (secondary N) is 1. The Bertz CT molecular complexity index is 591. The molecule has 0 radical (unpaired) electrons. The van der Waals surface area contributed by atoms with Crippen molar-refractivity contribution in [2.24, 2.45) is 0 Å². The first-order valence-corrected chi connectivity index (χ1v) is 5.89. The van der Waals surface area contributed by atoms with Crippen LogP contribution in [0.5, 0.6) is 0 Å². The second-order valence-electron chi connectivity index (χ2n) is 3.58. The average Bonchev–Trinajstić information content (AvgIpc) is 2.35. The number of benzene rings is 1. The van der Waals surface area contributed by atoms with Crippen LogP contribution in [0.1, 0.15) is 0 Å². The highest BCUT2D eigenvalue weighted by molar-refractivity contribution is 9.10. The average molecular weight is 311 g/mol. The second kappa shape index (κ2) is 5.28. The van der Waals surface area contributed by atoms with Crippen molar-refractivity contribution in [3.8, 4) is 0 Å². The van der Waals surface area contributed by atoms with Crippen LogP contribution < -0.4 is 10.4 Å². The van der Waals surface area contributed by atoms with E-state index in [0.29, 0.717) is 16.7 Å². The van der Waals surface area contributed by atoms with Crippen LogP contribution in [0.3, 0.4) is 0 Å². The maximum atomic E-state index is 10.8. The van der Waals surface area contributed by atoms with Gasteiger partial charge in [-0.05, 0) is 18.2 Å². The van der Waals surface area contributed by atoms with E-state index in [0.717, 1.165) is 4.47 Å². The van der Waals surface area contributed by atoms with E-state index in [2.05, 4.69) is 31.2 Å². The molecule has 0 aliphatic heterocycles. The fraction of sp³-hybridized carbons (Fsp3) is 0.182. The summed E-state index contributed by atoms with van der Waals surface area (Å²) in [5.74, 6) is -1.05. The summed E-state index contributed by atoms with van der Waals surface area (Å²) in [4.78, 5) is 18.8. The van der Waals surface area contributed by atoms with Gasteiger partial charge in [0.2, 0.25) is 0 Å². The van der Waals surface area contributed by atoms with E-state index in [-0.39, 0.29) is 0 Å². The summed E-state index contributed by atoms with van der Waals surface area (Å²) in [7, 11) is 0. The second-order valence-corrected chi connectivity index (χ2v) is 4.50. The van der Waals surface area contributed by atoms with Gasteiger partial charge >= 0.3 is 0 Å². The molecule has 0 saturated heterocycles. The number of hydrogen-bond acceptors (Lipinski definition) is 6. The summed E-state index contributed by atoms with van der Waals surface area (Å²) in [6.07, 6.45) is 1.32. The Labute approximate surface area is 111 Å². The molecule has 0 spiro atoms. The highest BCUT2D eigenvalue weighted by atomic mass is 79.9. The van der Waals surface area contributed by atoms with E-state index in [1.54, 1.807) is 12.1 Å². The maximum Gasteiger partial charge on any atom is 0.137 e. The number of halogens is 1. The van der Waals surface area contributed by atoms with Crippen LogP contribution in [0, 0.1) is 0 Å². The van der Waals surface area contributed by atoms with Crippen molar-refractivity contribution >= 4 is 38.6 Å². The van der Waals surface area contributed by atoms with E-state index in [4.69, 9.17) is 5.11 Å². The summed E-state index contributed by atoms with van der Waals surface area (Å²) in [6.45, 7) is -0.582. The lowest BCUT2D eigenvalue weighted by molar-refractivity contribution is -0.307. The number of aliphatic hydroxyl groups is 1. The minimum Gasteiger partial charge on any atom is -0.548 e. The molecule has 94 valence electrons. The molecule has 1 aromatic carbocycles. The van der Waals surface area contributed by atoms with Crippen LogP contribution in [0.2, 0.25) is 0 Å². The maximum absolute atomic E-state index is 10.8. The Balaban J connectivity index is 2.44. The summed E-state index contributed by atoms with van der Waals surface area (Å²) in [5, 5.41) is 23.0. The van der Waals surface area contributed by atoms with E-state index in [9.17, 15) is 9.90 Å². The molecule has 0 aliphatic carbocycles. The van der Waals surface area contributed by atoms with Gasteiger partial charge in [0.25, 0.3) is 0 Å². The fourth-order valence-corrected chi connectivity index (χ4v) is 1.85. The van der Waals surface area contributed by atoms with Gasteiger partial charge in [-0.3, -0.25) is 0 Å². The van der Waals surface area contributed by atoms with Gasteiger partial charge in [-0.25, -0.2) is 9.97 Å². The molecule has 1 aromatic heterocycles. The Kier molecular flexibility index (Phi) is 3.73. The molecule has 1 atom stereocenters. The molecule has 0 unspecified atom stereocenters. The van der Waals surface area contributed by atoms with Gasteiger partial charge in [-0.15, -0.1) is 0 Å². The number of aliphatic hydroxyl groups excluding tert-OH is 1. The van der Waals surface area contributed by atoms with Gasteiger partial charge in [-0.1, -0.05) is 15.9 Å². The molecular formula is C11H9BrN3O3-. The van der Waals surface area contributed by atoms with Crippen molar-refractivity contribution in [3.63, 3.8) is 0 Å². The summed E-state index contributed by atoms with van der Waals surface area (Å²) in [6, 6.07) is 4.16. The first kappa shape index (κ1) is 12.7. The first-order chi connectivity index (χ1) is 8.61. The molecule has 0 saturated carbocycles. The third kappa shape index (κ3) is 2.57. The van der Waals surface area contributed by atoms with Gasteiger partial charge in [0.1, 0.15) is 12.1 Å². The molecule has 2 aromatic rings. The predicted octanol–water partition coefficient (Wildman–Crippen LogP) is -0.0850. The highest BCUT2D eigenvalue weighted by Gasteiger charge is 2.11. The molecule has 0 amide bonds. The smallest absolute Gasteiger partial charge is 0.137 e. The number of carbonyl (C=O) groups is 1. The van der Waals surface area contributed by atoms with Crippen LogP contribution in [0.4, 0.5) is 5.82 Å². The van der Waals surface area contributed by atoms with Crippen molar-refractivity contribution in [1.82, 2.24) is 9.97 Å².